The second kappa shape index (κ2) is 5.94. The van der Waals surface area contributed by atoms with E-state index in [1.54, 1.807) is 0 Å². The van der Waals surface area contributed by atoms with Crippen molar-refractivity contribution in [2.24, 2.45) is 11.5 Å². The van der Waals surface area contributed by atoms with E-state index in [0.717, 1.165) is 6.42 Å². The molecule has 11 heteroatoms. The predicted molar refractivity (Wildman–Crippen MR) is 70.9 cm³/mol. The lowest BCUT2D eigenvalue weighted by molar-refractivity contribution is -0.125. The molecule has 0 aromatic rings. The van der Waals surface area contributed by atoms with Gasteiger partial charge in [0.1, 0.15) is 0 Å². The number of nitrogens with two attached hydrogens (primary N) is 2. The highest BCUT2D eigenvalue weighted by Gasteiger charge is 2.49. The Kier molecular flexibility index (Phi) is 5.33. The second-order valence-corrected chi connectivity index (χ2v) is 9.19. The monoisotopic (exact) mass is 330 g/mol. The molecule has 1 aliphatic carbocycles. The third-order valence-corrected chi connectivity index (χ3v) is 7.40. The molecule has 0 heterocycles. The quantitative estimate of drug-likeness (QED) is 0.352. The molecule has 2 atom stereocenters. The third kappa shape index (κ3) is 3.96. The zero-order chi connectivity index (χ0) is 15.8. The van der Waals surface area contributed by atoms with Crippen molar-refractivity contribution in [3.05, 3.63) is 0 Å². The average Bonchev–Trinajstić information content (AvgIpc) is 2.26. The van der Waals surface area contributed by atoms with Gasteiger partial charge in [0.2, 0.25) is 0 Å². The van der Waals surface area contributed by atoms with Crippen molar-refractivity contribution in [3.63, 3.8) is 0 Å². The maximum absolute atomic E-state index is 12.1. The smallest absolute Gasteiger partial charge is 0.326 e. The summed E-state index contributed by atoms with van der Waals surface area (Å²) in [7, 11) is -10.3. The largest absolute Gasteiger partial charge is 0.341 e. The molecule has 0 radical (unpaired) electrons. The van der Waals surface area contributed by atoms with Crippen LogP contribution in [-0.4, -0.2) is 42.3 Å². The average molecular weight is 330 g/mol. The van der Waals surface area contributed by atoms with Crippen molar-refractivity contribution in [1.82, 2.24) is 0 Å². The highest BCUT2D eigenvalue weighted by molar-refractivity contribution is 7.70. The molecule has 0 amide bonds. The Morgan fingerprint density at radius 2 is 1.70 bits per heavy atom. The van der Waals surface area contributed by atoms with Gasteiger partial charge in [-0.15, -0.1) is 0 Å². The molecule has 8 N–H and O–H groups in total. The summed E-state index contributed by atoms with van der Waals surface area (Å²) in [5.41, 5.74) is 10.2. The molecule has 0 saturated heterocycles. The van der Waals surface area contributed by atoms with Gasteiger partial charge in [-0.2, -0.15) is 0 Å². The van der Waals surface area contributed by atoms with Crippen molar-refractivity contribution in [2.45, 2.75) is 49.1 Å². The molecule has 1 fully saturated rings. The Labute approximate surface area is 116 Å². The molecule has 0 aromatic heterocycles. The number of hydrogen-bond acceptors (Lipinski definition) is 5. The third-order valence-electron chi connectivity index (χ3n) is 3.68. The summed E-state index contributed by atoms with van der Waals surface area (Å²) in [6.45, 7) is 0. The van der Waals surface area contributed by atoms with Crippen molar-refractivity contribution >= 4 is 21.0 Å². The first kappa shape index (κ1) is 17.9. The first-order chi connectivity index (χ1) is 8.89. The van der Waals surface area contributed by atoms with E-state index in [2.05, 4.69) is 0 Å². The zero-order valence-corrected chi connectivity index (χ0v) is 12.5. The number of carbonyl (C=O) groups is 1. The van der Waals surface area contributed by atoms with E-state index >= 15 is 0 Å². The molecule has 0 spiro atoms. The normalized spacial score (nSPS) is 28.6. The number of Topliss-reactive ketones (excluding diaryl/α,β-unsaturated/α-hetero) is 1. The van der Waals surface area contributed by atoms with Crippen LogP contribution >= 0.6 is 15.2 Å². The van der Waals surface area contributed by atoms with Gasteiger partial charge in [0.15, 0.2) is 11.2 Å². The summed E-state index contributed by atoms with van der Waals surface area (Å²) in [6.07, 6.45) is 1.15. The summed E-state index contributed by atoms with van der Waals surface area (Å²) in [5, 5.41) is -2.36. The summed E-state index contributed by atoms with van der Waals surface area (Å²) < 4.78 is 22.3. The Hall–Kier alpha value is -0.110. The highest BCUT2D eigenvalue weighted by Crippen LogP contribution is 2.61. The zero-order valence-electron chi connectivity index (χ0n) is 10.8. The highest BCUT2D eigenvalue weighted by atomic mass is 31.2. The van der Waals surface area contributed by atoms with Gasteiger partial charge in [0.25, 0.3) is 0 Å². The summed E-state index contributed by atoms with van der Waals surface area (Å²) in [6, 6.07) is -0.682. The Balaban J connectivity index is 2.97. The number of carbonyl (C=O) groups excluding carboxylic acids is 1. The van der Waals surface area contributed by atoms with Crippen LogP contribution in [-0.2, 0) is 13.9 Å². The minimum Gasteiger partial charge on any atom is -0.326 e. The topological polar surface area (TPSA) is 184 Å². The van der Waals surface area contributed by atoms with Crippen LogP contribution in [0.25, 0.3) is 0 Å². The molecule has 20 heavy (non-hydrogen) atoms. The van der Waals surface area contributed by atoms with Gasteiger partial charge < -0.3 is 31.0 Å². The standard InChI is InChI=1S/C9H20N2O7P2/c10-6-3-1-2-4-9(6,11)7(12)5-8(19(13,14)15)20(16,17)18/h6,8H,1-5,10-11H2,(H2,13,14,15)(H2,16,17,18). The minimum absolute atomic E-state index is 0.238. The molecule has 0 aliphatic heterocycles. The Morgan fingerprint density at radius 1 is 1.20 bits per heavy atom. The van der Waals surface area contributed by atoms with Crippen LogP contribution < -0.4 is 11.5 Å². The number of rotatable bonds is 5. The maximum atomic E-state index is 12.1. The fourth-order valence-electron chi connectivity index (χ4n) is 2.36. The van der Waals surface area contributed by atoms with E-state index in [0.29, 0.717) is 12.8 Å². The molecule has 2 unspecified atom stereocenters. The molecule has 118 valence electrons. The van der Waals surface area contributed by atoms with Gasteiger partial charge in [-0.25, -0.2) is 0 Å². The lowest BCUT2D eigenvalue weighted by Crippen LogP contribution is -2.62. The van der Waals surface area contributed by atoms with Gasteiger partial charge in [0.05, 0.1) is 5.54 Å². The van der Waals surface area contributed by atoms with Gasteiger partial charge >= 0.3 is 15.2 Å². The fourth-order valence-corrected chi connectivity index (χ4v) is 4.74. The van der Waals surface area contributed by atoms with Crippen LogP contribution in [0.15, 0.2) is 0 Å². The van der Waals surface area contributed by atoms with Crippen LogP contribution in [0.4, 0.5) is 0 Å². The molecule has 1 saturated carbocycles. The summed E-state index contributed by atoms with van der Waals surface area (Å²) in [4.78, 5) is 48.2. The predicted octanol–water partition coefficient (Wildman–Crippen LogP) is -0.774. The Bertz CT molecular complexity index is 451. The van der Waals surface area contributed by atoms with Gasteiger partial charge in [0, 0.05) is 12.5 Å². The molecular weight excluding hydrogens is 310 g/mol. The van der Waals surface area contributed by atoms with Crippen molar-refractivity contribution in [3.8, 4) is 0 Å². The van der Waals surface area contributed by atoms with Crippen LogP contribution in [0.5, 0.6) is 0 Å². The van der Waals surface area contributed by atoms with E-state index in [9.17, 15) is 13.9 Å². The molecule has 0 aromatic carbocycles. The maximum Gasteiger partial charge on any atom is 0.341 e. The van der Waals surface area contributed by atoms with Crippen molar-refractivity contribution < 1.29 is 33.5 Å². The minimum atomic E-state index is -5.13. The molecular formula is C9H20N2O7P2. The lowest BCUT2D eigenvalue weighted by atomic mass is 9.75. The van der Waals surface area contributed by atoms with Crippen molar-refractivity contribution in [1.29, 1.82) is 0 Å². The van der Waals surface area contributed by atoms with Crippen LogP contribution in [0.1, 0.15) is 32.1 Å². The molecule has 1 rings (SSSR count). The van der Waals surface area contributed by atoms with Gasteiger partial charge in [-0.3, -0.25) is 13.9 Å². The first-order valence-corrected chi connectivity index (χ1v) is 9.43. The molecule has 1 aliphatic rings. The van der Waals surface area contributed by atoms with Gasteiger partial charge in [-0.05, 0) is 12.8 Å². The summed E-state index contributed by atoms with van der Waals surface area (Å²) >= 11 is 0. The lowest BCUT2D eigenvalue weighted by Gasteiger charge is -2.38. The summed E-state index contributed by atoms with van der Waals surface area (Å²) in [5.74, 6) is -0.818. The SMILES string of the molecule is NC1CCCCC1(N)C(=O)CC(P(=O)(O)O)P(=O)(O)O. The van der Waals surface area contributed by atoms with Crippen molar-refractivity contribution in [2.75, 3.05) is 0 Å². The van der Waals surface area contributed by atoms with E-state index < -0.39 is 44.4 Å². The van der Waals surface area contributed by atoms with E-state index in [1.165, 1.54) is 0 Å². The fraction of sp³-hybridized carbons (Fsp3) is 0.889. The molecule has 9 nitrogen and oxygen atoms in total. The second-order valence-electron chi connectivity index (χ2n) is 5.18. The van der Waals surface area contributed by atoms with E-state index in [1.807, 2.05) is 0 Å². The van der Waals surface area contributed by atoms with Crippen LogP contribution in [0, 0.1) is 0 Å². The van der Waals surface area contributed by atoms with Crippen LogP contribution in [0.3, 0.4) is 0 Å². The van der Waals surface area contributed by atoms with E-state index in [-0.39, 0.29) is 6.42 Å². The Morgan fingerprint density at radius 3 is 2.10 bits per heavy atom. The van der Waals surface area contributed by atoms with Gasteiger partial charge in [-0.1, -0.05) is 12.8 Å². The number of ketones is 1. The van der Waals surface area contributed by atoms with Crippen LogP contribution in [0.2, 0.25) is 0 Å². The number of hydrogen-bond donors (Lipinski definition) is 6. The van der Waals surface area contributed by atoms with E-state index in [4.69, 9.17) is 31.0 Å². The first-order valence-electron chi connectivity index (χ1n) is 6.07. The molecule has 0 bridgehead atoms.